The smallest absolute Gasteiger partial charge is 0.162 e. The van der Waals surface area contributed by atoms with E-state index in [1.165, 1.54) is 12.1 Å². The van der Waals surface area contributed by atoms with Crippen molar-refractivity contribution in [1.29, 1.82) is 0 Å². The highest BCUT2D eigenvalue weighted by Crippen LogP contribution is 2.37. The van der Waals surface area contributed by atoms with Gasteiger partial charge in [-0.15, -0.1) is 0 Å². The quantitative estimate of drug-likeness (QED) is 0.418. The molecule has 4 aromatic rings. The molecule has 1 heterocycles. The van der Waals surface area contributed by atoms with Crippen LogP contribution in [0.2, 0.25) is 0 Å². The molecular formula is C23H17F2NO3. The Morgan fingerprint density at radius 1 is 0.759 bits per heavy atom. The second kappa shape index (κ2) is 7.75. The van der Waals surface area contributed by atoms with Crippen LogP contribution in [0.1, 0.15) is 0 Å². The van der Waals surface area contributed by atoms with E-state index in [0.29, 0.717) is 39.6 Å². The molecule has 146 valence electrons. The summed E-state index contributed by atoms with van der Waals surface area (Å²) in [5, 5.41) is 0.763. The van der Waals surface area contributed by atoms with Crippen LogP contribution in [0.15, 0.2) is 66.9 Å². The SMILES string of the molecule is COc1cc2nccc(Oc3ccc(-c4ccc(F)cc4F)cc3)c2cc1OC. The molecule has 0 aliphatic rings. The first-order valence-electron chi connectivity index (χ1n) is 8.83. The van der Waals surface area contributed by atoms with Crippen molar-refractivity contribution in [1.82, 2.24) is 4.98 Å². The number of aromatic nitrogens is 1. The number of pyridine rings is 1. The molecule has 29 heavy (non-hydrogen) atoms. The summed E-state index contributed by atoms with van der Waals surface area (Å²) in [4.78, 5) is 4.35. The van der Waals surface area contributed by atoms with Gasteiger partial charge in [-0.1, -0.05) is 12.1 Å². The van der Waals surface area contributed by atoms with Gasteiger partial charge < -0.3 is 14.2 Å². The fourth-order valence-electron chi connectivity index (χ4n) is 3.09. The van der Waals surface area contributed by atoms with Crippen molar-refractivity contribution < 1.29 is 23.0 Å². The molecule has 0 bridgehead atoms. The number of hydrogen-bond acceptors (Lipinski definition) is 4. The summed E-state index contributed by atoms with van der Waals surface area (Å²) < 4.78 is 43.8. The maximum Gasteiger partial charge on any atom is 0.162 e. The van der Waals surface area contributed by atoms with Crippen molar-refractivity contribution in [3.05, 3.63) is 78.5 Å². The molecular weight excluding hydrogens is 376 g/mol. The van der Waals surface area contributed by atoms with Crippen LogP contribution in [0.5, 0.6) is 23.0 Å². The first-order chi connectivity index (χ1) is 14.1. The van der Waals surface area contributed by atoms with Crippen LogP contribution < -0.4 is 14.2 Å². The third-order valence-corrected chi connectivity index (χ3v) is 4.53. The van der Waals surface area contributed by atoms with Gasteiger partial charge in [0.25, 0.3) is 0 Å². The van der Waals surface area contributed by atoms with Crippen LogP contribution in [-0.4, -0.2) is 19.2 Å². The van der Waals surface area contributed by atoms with Crippen LogP contribution in [0.4, 0.5) is 8.78 Å². The lowest BCUT2D eigenvalue weighted by Gasteiger charge is -2.12. The predicted molar refractivity (Wildman–Crippen MR) is 107 cm³/mol. The van der Waals surface area contributed by atoms with E-state index in [1.54, 1.807) is 62.9 Å². The number of methoxy groups -OCH3 is 2. The minimum absolute atomic E-state index is 0.323. The Balaban J connectivity index is 1.66. The number of halogens is 2. The summed E-state index contributed by atoms with van der Waals surface area (Å²) in [7, 11) is 3.13. The number of nitrogens with zero attached hydrogens (tertiary/aromatic N) is 1. The topological polar surface area (TPSA) is 40.6 Å². The van der Waals surface area contributed by atoms with Crippen LogP contribution in [0, 0.1) is 11.6 Å². The van der Waals surface area contributed by atoms with Crippen LogP contribution in [0.25, 0.3) is 22.0 Å². The molecule has 0 N–H and O–H groups in total. The minimum atomic E-state index is -0.611. The Bertz CT molecular complexity index is 1180. The van der Waals surface area contributed by atoms with Crippen molar-refractivity contribution in [2.24, 2.45) is 0 Å². The number of hydrogen-bond donors (Lipinski definition) is 0. The molecule has 0 saturated carbocycles. The highest BCUT2D eigenvalue weighted by atomic mass is 19.1. The lowest BCUT2D eigenvalue weighted by molar-refractivity contribution is 0.355. The molecule has 0 atom stereocenters. The summed E-state index contributed by atoms with van der Waals surface area (Å²) in [6.07, 6.45) is 1.64. The molecule has 1 aromatic heterocycles. The van der Waals surface area contributed by atoms with Crippen molar-refractivity contribution in [3.63, 3.8) is 0 Å². The number of fused-ring (bicyclic) bond motifs is 1. The first kappa shape index (κ1) is 18.7. The first-order valence-corrected chi connectivity index (χ1v) is 8.83. The molecule has 0 amide bonds. The maximum atomic E-state index is 14.0. The molecule has 0 unspecified atom stereocenters. The average Bonchev–Trinajstić information content (AvgIpc) is 2.74. The van der Waals surface area contributed by atoms with E-state index in [2.05, 4.69) is 4.98 Å². The predicted octanol–water partition coefficient (Wildman–Crippen LogP) is 5.99. The number of benzene rings is 3. The highest BCUT2D eigenvalue weighted by molar-refractivity contribution is 5.88. The van der Waals surface area contributed by atoms with Gasteiger partial charge in [-0.25, -0.2) is 8.78 Å². The maximum absolute atomic E-state index is 14.0. The van der Waals surface area contributed by atoms with E-state index in [9.17, 15) is 8.78 Å². The van der Waals surface area contributed by atoms with Crippen LogP contribution in [0.3, 0.4) is 0 Å². The Kier molecular flexibility index (Phi) is 4.99. The highest BCUT2D eigenvalue weighted by Gasteiger charge is 2.12. The van der Waals surface area contributed by atoms with Crippen molar-refractivity contribution >= 4 is 10.9 Å². The van der Waals surface area contributed by atoms with Crippen molar-refractivity contribution in [2.45, 2.75) is 0 Å². The molecule has 0 radical (unpaired) electrons. The fourth-order valence-corrected chi connectivity index (χ4v) is 3.09. The largest absolute Gasteiger partial charge is 0.493 e. The Morgan fingerprint density at radius 3 is 2.17 bits per heavy atom. The Labute approximate surface area is 166 Å². The van der Waals surface area contributed by atoms with Gasteiger partial charge in [-0.3, -0.25) is 4.98 Å². The zero-order valence-electron chi connectivity index (χ0n) is 15.8. The van der Waals surface area contributed by atoms with Crippen LogP contribution in [-0.2, 0) is 0 Å². The zero-order chi connectivity index (χ0) is 20.4. The summed E-state index contributed by atoms with van der Waals surface area (Å²) >= 11 is 0. The zero-order valence-corrected chi connectivity index (χ0v) is 15.8. The van der Waals surface area contributed by atoms with E-state index >= 15 is 0 Å². The van der Waals surface area contributed by atoms with Gasteiger partial charge in [0.1, 0.15) is 23.1 Å². The van der Waals surface area contributed by atoms with E-state index < -0.39 is 11.6 Å². The molecule has 0 spiro atoms. The van der Waals surface area contributed by atoms with E-state index in [-0.39, 0.29) is 0 Å². The van der Waals surface area contributed by atoms with Gasteiger partial charge in [-0.05, 0) is 42.0 Å². The normalized spacial score (nSPS) is 10.8. The average molecular weight is 393 g/mol. The summed E-state index contributed by atoms with van der Waals surface area (Å²) in [6, 6.07) is 15.7. The second-order valence-corrected chi connectivity index (χ2v) is 6.28. The molecule has 0 fully saturated rings. The second-order valence-electron chi connectivity index (χ2n) is 6.28. The molecule has 4 rings (SSSR count). The fraction of sp³-hybridized carbons (Fsp3) is 0.0870. The van der Waals surface area contributed by atoms with E-state index in [1.807, 2.05) is 0 Å². The van der Waals surface area contributed by atoms with Gasteiger partial charge >= 0.3 is 0 Å². The molecule has 4 nitrogen and oxygen atoms in total. The third kappa shape index (κ3) is 3.69. The van der Waals surface area contributed by atoms with Gasteiger partial charge in [0.2, 0.25) is 0 Å². The lowest BCUT2D eigenvalue weighted by Crippen LogP contribution is -1.93. The summed E-state index contributed by atoms with van der Waals surface area (Å²) in [5.74, 6) is 1.09. The minimum Gasteiger partial charge on any atom is -0.493 e. The van der Waals surface area contributed by atoms with Gasteiger partial charge in [0, 0.05) is 29.3 Å². The molecule has 0 aliphatic carbocycles. The van der Waals surface area contributed by atoms with E-state index in [0.717, 1.165) is 11.5 Å². The Hall–Kier alpha value is -3.67. The van der Waals surface area contributed by atoms with Crippen LogP contribution >= 0.6 is 0 Å². The van der Waals surface area contributed by atoms with E-state index in [4.69, 9.17) is 14.2 Å². The molecule has 6 heteroatoms. The van der Waals surface area contributed by atoms with Gasteiger partial charge in [-0.2, -0.15) is 0 Å². The number of ether oxygens (including phenoxy) is 3. The number of rotatable bonds is 5. The van der Waals surface area contributed by atoms with Gasteiger partial charge in [0.15, 0.2) is 11.5 Å². The summed E-state index contributed by atoms with van der Waals surface area (Å²) in [5.41, 5.74) is 1.65. The summed E-state index contributed by atoms with van der Waals surface area (Å²) in [6.45, 7) is 0. The third-order valence-electron chi connectivity index (χ3n) is 4.53. The van der Waals surface area contributed by atoms with Crippen molar-refractivity contribution in [3.8, 4) is 34.1 Å². The van der Waals surface area contributed by atoms with Crippen molar-refractivity contribution in [2.75, 3.05) is 14.2 Å². The molecule has 0 saturated heterocycles. The molecule has 3 aromatic carbocycles. The molecule has 0 aliphatic heterocycles. The lowest BCUT2D eigenvalue weighted by atomic mass is 10.1. The standard InChI is InChI=1S/C23H17F2NO3/c1-27-22-12-18-20(13-23(22)28-2)26-10-9-21(18)29-16-6-3-14(4-7-16)17-8-5-15(24)11-19(17)25/h3-13H,1-2H3. The monoisotopic (exact) mass is 393 g/mol. The Morgan fingerprint density at radius 2 is 1.48 bits per heavy atom. The van der Waals surface area contributed by atoms with Gasteiger partial charge in [0.05, 0.1) is 19.7 Å².